The van der Waals surface area contributed by atoms with E-state index in [1.165, 1.54) is 37.4 Å². The summed E-state index contributed by atoms with van der Waals surface area (Å²) < 4.78 is 54.3. The molecule has 0 aromatic heterocycles. The second-order valence-electron chi connectivity index (χ2n) is 6.83. The Labute approximate surface area is 187 Å². The van der Waals surface area contributed by atoms with Crippen LogP contribution in [0.4, 0.5) is 5.69 Å². The van der Waals surface area contributed by atoms with E-state index in [0.29, 0.717) is 13.0 Å². The Kier molecular flexibility index (Phi) is 7.29. The number of amides is 1. The van der Waals surface area contributed by atoms with Crippen molar-refractivity contribution in [2.24, 2.45) is 0 Å². The van der Waals surface area contributed by atoms with Gasteiger partial charge < -0.3 is 5.32 Å². The van der Waals surface area contributed by atoms with E-state index in [2.05, 4.69) is 14.8 Å². The van der Waals surface area contributed by atoms with Crippen LogP contribution in [-0.4, -0.2) is 36.3 Å². The van der Waals surface area contributed by atoms with E-state index in [0.717, 1.165) is 11.6 Å². The van der Waals surface area contributed by atoms with Gasteiger partial charge in [0.2, 0.25) is 10.0 Å². The highest BCUT2D eigenvalue weighted by molar-refractivity contribution is 7.93. The number of carbonyl (C=O) groups excluding carboxylic acids is 1. The summed E-state index contributed by atoms with van der Waals surface area (Å²) in [4.78, 5) is 12.2. The summed E-state index contributed by atoms with van der Waals surface area (Å²) in [6.07, 6.45) is 0.632. The van der Waals surface area contributed by atoms with Crippen molar-refractivity contribution in [2.45, 2.75) is 16.2 Å². The summed E-state index contributed by atoms with van der Waals surface area (Å²) in [5.41, 5.74) is 1.31. The van der Waals surface area contributed by atoms with Gasteiger partial charge in [0.15, 0.2) is 0 Å². The van der Waals surface area contributed by atoms with Crippen LogP contribution in [0.1, 0.15) is 15.9 Å². The Balaban J connectivity index is 1.78. The fourth-order valence-corrected chi connectivity index (χ4v) is 4.94. The summed E-state index contributed by atoms with van der Waals surface area (Å²) >= 11 is 0. The Morgan fingerprint density at radius 3 is 2.09 bits per heavy atom. The highest BCUT2D eigenvalue weighted by Crippen LogP contribution is 2.22. The molecule has 0 aliphatic carbocycles. The van der Waals surface area contributed by atoms with Gasteiger partial charge in [0.05, 0.1) is 21.0 Å². The molecule has 0 fully saturated rings. The maximum Gasteiger partial charge on any atom is 0.261 e. The lowest BCUT2D eigenvalue weighted by atomic mass is 10.1. The van der Waals surface area contributed by atoms with E-state index in [1.54, 1.807) is 12.1 Å². The number of para-hydroxylation sites is 1. The van der Waals surface area contributed by atoms with Crippen LogP contribution in [0.25, 0.3) is 0 Å². The molecule has 32 heavy (non-hydrogen) atoms. The smallest absolute Gasteiger partial charge is 0.261 e. The summed E-state index contributed by atoms with van der Waals surface area (Å²) in [5, 5.41) is 2.79. The number of carbonyl (C=O) groups is 1. The molecule has 8 nitrogen and oxygen atoms in total. The lowest BCUT2D eigenvalue weighted by Gasteiger charge is -2.13. The molecule has 0 heterocycles. The largest absolute Gasteiger partial charge is 0.352 e. The average Bonchev–Trinajstić information content (AvgIpc) is 2.80. The summed E-state index contributed by atoms with van der Waals surface area (Å²) in [7, 11) is -6.72. The van der Waals surface area contributed by atoms with Crippen LogP contribution in [0.2, 0.25) is 0 Å². The number of sulfonamides is 2. The van der Waals surface area contributed by atoms with E-state index in [1.807, 2.05) is 30.3 Å². The molecule has 0 aliphatic rings. The fourth-order valence-electron chi connectivity index (χ4n) is 2.96. The SMILES string of the molecule is CNS(=O)(=O)c1cccc(S(=O)(=O)Nc2ccccc2C(=O)NCCc2ccccc2)c1. The maximum absolute atomic E-state index is 12.9. The highest BCUT2D eigenvalue weighted by atomic mass is 32.2. The molecule has 3 aromatic carbocycles. The lowest BCUT2D eigenvalue weighted by molar-refractivity contribution is 0.0955. The molecule has 0 spiro atoms. The maximum atomic E-state index is 12.9. The second kappa shape index (κ2) is 9.94. The van der Waals surface area contributed by atoms with E-state index < -0.39 is 26.0 Å². The first-order chi connectivity index (χ1) is 15.2. The highest BCUT2D eigenvalue weighted by Gasteiger charge is 2.21. The standard InChI is InChI=1S/C22H23N3O5S2/c1-23-31(27,28)18-10-7-11-19(16-18)32(29,30)25-21-13-6-5-12-20(21)22(26)24-15-14-17-8-3-2-4-9-17/h2-13,16,23,25H,14-15H2,1H3,(H,24,26). The molecule has 3 N–H and O–H groups in total. The van der Waals surface area contributed by atoms with Crippen LogP contribution in [0.5, 0.6) is 0 Å². The van der Waals surface area contributed by atoms with E-state index >= 15 is 0 Å². The van der Waals surface area contributed by atoms with Crippen LogP contribution < -0.4 is 14.8 Å². The van der Waals surface area contributed by atoms with Gasteiger partial charge in [-0.3, -0.25) is 9.52 Å². The molecule has 3 aromatic rings. The zero-order valence-electron chi connectivity index (χ0n) is 17.3. The van der Waals surface area contributed by atoms with Gasteiger partial charge in [-0.1, -0.05) is 48.5 Å². The first-order valence-corrected chi connectivity index (χ1v) is 12.7. The number of hydrogen-bond donors (Lipinski definition) is 3. The van der Waals surface area contributed by atoms with Crippen molar-refractivity contribution in [1.82, 2.24) is 10.0 Å². The number of rotatable bonds is 9. The van der Waals surface area contributed by atoms with Crippen molar-refractivity contribution in [2.75, 3.05) is 18.3 Å². The third-order valence-electron chi connectivity index (χ3n) is 4.65. The number of anilines is 1. The normalized spacial score (nSPS) is 11.7. The summed E-state index contributed by atoms with van der Waals surface area (Å²) in [6, 6.07) is 20.8. The topological polar surface area (TPSA) is 121 Å². The number of nitrogens with one attached hydrogen (secondary N) is 3. The molecule has 0 saturated carbocycles. The quantitative estimate of drug-likeness (QED) is 0.441. The molecule has 0 aliphatic heterocycles. The third kappa shape index (κ3) is 5.72. The fraction of sp³-hybridized carbons (Fsp3) is 0.136. The first-order valence-electron chi connectivity index (χ1n) is 9.70. The van der Waals surface area contributed by atoms with Gasteiger partial charge in [-0.25, -0.2) is 21.6 Å². The van der Waals surface area contributed by atoms with Crippen molar-refractivity contribution in [3.8, 4) is 0 Å². The van der Waals surface area contributed by atoms with Gasteiger partial charge in [0, 0.05) is 6.54 Å². The molecule has 0 saturated heterocycles. The average molecular weight is 474 g/mol. The monoisotopic (exact) mass is 473 g/mol. The second-order valence-corrected chi connectivity index (χ2v) is 10.4. The first kappa shape index (κ1) is 23.5. The van der Waals surface area contributed by atoms with Crippen molar-refractivity contribution in [1.29, 1.82) is 0 Å². The van der Waals surface area contributed by atoms with Crippen LogP contribution in [0.15, 0.2) is 88.7 Å². The third-order valence-corrected chi connectivity index (χ3v) is 7.43. The molecule has 0 bridgehead atoms. The van der Waals surface area contributed by atoms with Gasteiger partial charge in [-0.15, -0.1) is 0 Å². The minimum Gasteiger partial charge on any atom is -0.352 e. The molecular weight excluding hydrogens is 450 g/mol. The molecule has 1 amide bonds. The molecule has 10 heteroatoms. The van der Waals surface area contributed by atoms with E-state index in [-0.39, 0.29) is 21.0 Å². The zero-order chi connectivity index (χ0) is 23.2. The number of benzene rings is 3. The van der Waals surface area contributed by atoms with Crippen LogP contribution in [0.3, 0.4) is 0 Å². The van der Waals surface area contributed by atoms with Crippen LogP contribution in [0, 0.1) is 0 Å². The molecular formula is C22H23N3O5S2. The van der Waals surface area contributed by atoms with Gasteiger partial charge in [0.1, 0.15) is 0 Å². The van der Waals surface area contributed by atoms with Crippen molar-refractivity contribution < 1.29 is 21.6 Å². The van der Waals surface area contributed by atoms with Crippen LogP contribution in [-0.2, 0) is 26.5 Å². The lowest BCUT2D eigenvalue weighted by Crippen LogP contribution is -2.27. The molecule has 3 rings (SSSR count). The Morgan fingerprint density at radius 1 is 0.781 bits per heavy atom. The van der Waals surface area contributed by atoms with Crippen molar-refractivity contribution >= 4 is 31.6 Å². The van der Waals surface area contributed by atoms with Crippen LogP contribution >= 0.6 is 0 Å². The molecule has 168 valence electrons. The Morgan fingerprint density at radius 2 is 1.41 bits per heavy atom. The minimum atomic E-state index is -4.15. The van der Waals surface area contributed by atoms with Gasteiger partial charge in [-0.2, -0.15) is 0 Å². The van der Waals surface area contributed by atoms with E-state index in [9.17, 15) is 21.6 Å². The number of hydrogen-bond acceptors (Lipinski definition) is 5. The Bertz CT molecular complexity index is 1310. The van der Waals surface area contributed by atoms with Gasteiger partial charge in [-0.05, 0) is 49.4 Å². The van der Waals surface area contributed by atoms with Crippen molar-refractivity contribution in [3.63, 3.8) is 0 Å². The minimum absolute atomic E-state index is 0.0894. The van der Waals surface area contributed by atoms with Gasteiger partial charge >= 0.3 is 0 Å². The molecule has 0 unspecified atom stereocenters. The van der Waals surface area contributed by atoms with E-state index in [4.69, 9.17) is 0 Å². The molecule has 0 atom stereocenters. The van der Waals surface area contributed by atoms with Crippen molar-refractivity contribution in [3.05, 3.63) is 90.0 Å². The predicted octanol–water partition coefficient (Wildman–Crippen LogP) is 2.37. The van der Waals surface area contributed by atoms with Gasteiger partial charge in [0.25, 0.3) is 15.9 Å². The Hall–Kier alpha value is -3.21. The summed E-state index contributed by atoms with van der Waals surface area (Å²) in [6.45, 7) is 0.383. The zero-order valence-corrected chi connectivity index (χ0v) is 18.9. The molecule has 0 radical (unpaired) electrons. The summed E-state index contributed by atoms with van der Waals surface area (Å²) in [5.74, 6) is -0.425. The predicted molar refractivity (Wildman–Crippen MR) is 122 cm³/mol.